The molecular weight excluding hydrogens is 1010 g/mol. The molecule has 3 aromatic carbocycles. The standard InChI is InChI=1S/C17H9FN4.C10H5FIN3.C7H3F2N.C7H5N.C3H3IN2/c18-15-7-14(10-19)8-17(9-15)22-12-13(11-21-22)4-5-16-3-1-2-6-20-16;11-8-1-7(4-13)2-10(3-8)15-6-9(12)5-14-15;8-6-1-5(4-10)2-7(9)3-6;1-2-7-5-3-4-6-8-7;4-3-1-5-6-2-3/h1-3,6-9,11-12H;1-3,5-6H;1-3H;1,3-6H;1-2H,(H,5,6). The zero-order valence-electron chi connectivity index (χ0n) is 31.1. The van der Waals surface area contributed by atoms with E-state index in [2.05, 4.69) is 93.3 Å². The lowest BCUT2D eigenvalue weighted by Gasteiger charge is -2.01. The topological polar surface area (TPSA) is 161 Å². The van der Waals surface area contributed by atoms with Gasteiger partial charge < -0.3 is 0 Å². The molecular formula is C44H25F4I2N11. The van der Waals surface area contributed by atoms with E-state index in [1.54, 1.807) is 67.6 Å². The highest BCUT2D eigenvalue weighted by atomic mass is 127. The number of aromatic nitrogens is 8. The summed E-state index contributed by atoms with van der Waals surface area (Å²) in [6.45, 7) is 0. The van der Waals surface area contributed by atoms with E-state index in [0.29, 0.717) is 28.3 Å². The number of hydrogen-bond donors (Lipinski definition) is 1. The van der Waals surface area contributed by atoms with Gasteiger partial charge in [-0.05, 0) is 124 Å². The number of H-pyrrole nitrogens is 1. The average molecular weight is 1040 g/mol. The van der Waals surface area contributed by atoms with E-state index in [-0.39, 0.29) is 16.7 Å². The molecule has 298 valence electrons. The van der Waals surface area contributed by atoms with Gasteiger partial charge in [0.15, 0.2) is 0 Å². The maximum atomic E-state index is 13.4. The molecule has 0 amide bonds. The second-order valence-electron chi connectivity index (χ2n) is 11.4. The predicted molar refractivity (Wildman–Crippen MR) is 234 cm³/mol. The Kier molecular flexibility index (Phi) is 18.4. The van der Waals surface area contributed by atoms with Crippen LogP contribution in [0.4, 0.5) is 17.6 Å². The van der Waals surface area contributed by atoms with Crippen molar-refractivity contribution in [3.63, 3.8) is 0 Å². The van der Waals surface area contributed by atoms with Gasteiger partial charge in [0.05, 0.1) is 77.6 Å². The molecule has 0 spiro atoms. The van der Waals surface area contributed by atoms with Gasteiger partial charge in [-0.3, -0.25) is 5.10 Å². The second-order valence-corrected chi connectivity index (χ2v) is 13.9. The van der Waals surface area contributed by atoms with Gasteiger partial charge in [-0.15, -0.1) is 6.42 Å². The van der Waals surface area contributed by atoms with Crippen molar-refractivity contribution in [1.82, 2.24) is 39.7 Å². The Balaban J connectivity index is 0.000000182. The molecule has 5 aromatic heterocycles. The summed E-state index contributed by atoms with van der Waals surface area (Å²) in [6.07, 6.45) is 18.7. The summed E-state index contributed by atoms with van der Waals surface area (Å²) in [6, 6.07) is 27.3. The molecule has 0 unspecified atom stereocenters. The minimum Gasteiger partial charge on any atom is -0.285 e. The molecule has 0 bridgehead atoms. The molecule has 0 saturated heterocycles. The van der Waals surface area contributed by atoms with E-state index in [0.717, 1.165) is 25.3 Å². The Morgan fingerprint density at radius 1 is 0.557 bits per heavy atom. The third-order valence-electron chi connectivity index (χ3n) is 6.96. The van der Waals surface area contributed by atoms with Gasteiger partial charge in [-0.25, -0.2) is 36.9 Å². The first-order chi connectivity index (χ1) is 29.5. The van der Waals surface area contributed by atoms with Gasteiger partial charge in [-0.1, -0.05) is 24.0 Å². The summed E-state index contributed by atoms with van der Waals surface area (Å²) in [4.78, 5) is 7.97. The first-order valence-electron chi connectivity index (χ1n) is 17.0. The SMILES string of the molecule is C#Cc1ccccn1.Ic1cn[nH]c1.N#Cc1cc(F)cc(-n2cc(C#Cc3ccccn3)cn2)c1.N#Cc1cc(F)cc(-n2cc(I)cn2)c1.N#Cc1cc(F)cc(F)c1. The van der Waals surface area contributed by atoms with Crippen molar-refractivity contribution in [2.75, 3.05) is 0 Å². The zero-order valence-corrected chi connectivity index (χ0v) is 35.4. The highest BCUT2D eigenvalue weighted by Gasteiger charge is 2.05. The quantitative estimate of drug-likeness (QED) is 0.102. The molecule has 17 heteroatoms. The number of pyridine rings is 2. The first-order valence-corrected chi connectivity index (χ1v) is 19.1. The van der Waals surface area contributed by atoms with E-state index < -0.39 is 23.3 Å². The Labute approximate surface area is 374 Å². The zero-order chi connectivity index (χ0) is 44.0. The third kappa shape index (κ3) is 16.3. The lowest BCUT2D eigenvalue weighted by atomic mass is 10.2. The van der Waals surface area contributed by atoms with Gasteiger partial charge in [0.25, 0.3) is 0 Å². The minimum absolute atomic E-state index is 0.00231. The number of nitrogens with one attached hydrogen (secondary N) is 1. The summed E-state index contributed by atoms with van der Waals surface area (Å²) >= 11 is 4.29. The lowest BCUT2D eigenvalue weighted by molar-refractivity contribution is 0.582. The molecule has 0 aliphatic heterocycles. The van der Waals surface area contributed by atoms with Crippen molar-refractivity contribution < 1.29 is 17.6 Å². The van der Waals surface area contributed by atoms with Crippen molar-refractivity contribution in [2.45, 2.75) is 0 Å². The van der Waals surface area contributed by atoms with E-state index in [1.165, 1.54) is 33.6 Å². The number of halogens is 6. The number of nitrogens with zero attached hydrogens (tertiary/aromatic N) is 10. The van der Waals surface area contributed by atoms with Crippen LogP contribution >= 0.6 is 45.2 Å². The van der Waals surface area contributed by atoms with Crippen LogP contribution in [0.5, 0.6) is 0 Å². The summed E-state index contributed by atoms with van der Waals surface area (Å²) < 4.78 is 56.1. The van der Waals surface area contributed by atoms with Crippen molar-refractivity contribution in [2.24, 2.45) is 0 Å². The number of rotatable bonds is 2. The Hall–Kier alpha value is -7.64. The number of hydrogen-bond acceptors (Lipinski definition) is 8. The second kappa shape index (κ2) is 24.3. The fourth-order valence-corrected chi connectivity index (χ4v) is 5.05. The molecule has 8 rings (SSSR count). The number of aromatic amines is 1. The summed E-state index contributed by atoms with van der Waals surface area (Å²) in [7, 11) is 0. The van der Waals surface area contributed by atoms with Gasteiger partial charge in [0, 0.05) is 37.1 Å². The largest absolute Gasteiger partial charge is 0.285 e. The van der Waals surface area contributed by atoms with Crippen LogP contribution in [0.2, 0.25) is 0 Å². The monoisotopic (exact) mass is 1040 g/mol. The Morgan fingerprint density at radius 3 is 1.48 bits per heavy atom. The van der Waals surface area contributed by atoms with Crippen molar-refractivity contribution in [3.05, 3.63) is 205 Å². The van der Waals surface area contributed by atoms with Crippen LogP contribution in [0.25, 0.3) is 11.4 Å². The molecule has 0 radical (unpaired) electrons. The molecule has 0 saturated carbocycles. The third-order valence-corrected chi connectivity index (χ3v) is 8.10. The number of terminal acetylenes is 1. The minimum atomic E-state index is -0.725. The normalized spacial score (nSPS) is 9.28. The van der Waals surface area contributed by atoms with Crippen LogP contribution < -0.4 is 0 Å². The molecule has 5 heterocycles. The highest BCUT2D eigenvalue weighted by molar-refractivity contribution is 14.1. The van der Waals surface area contributed by atoms with Gasteiger partial charge in [-0.2, -0.15) is 31.1 Å². The predicted octanol–water partition coefficient (Wildman–Crippen LogP) is 9.08. The van der Waals surface area contributed by atoms with E-state index in [9.17, 15) is 17.6 Å². The van der Waals surface area contributed by atoms with E-state index >= 15 is 0 Å². The maximum absolute atomic E-state index is 13.4. The van der Waals surface area contributed by atoms with Crippen LogP contribution in [-0.2, 0) is 0 Å². The maximum Gasteiger partial charge on any atom is 0.127 e. The van der Waals surface area contributed by atoms with Gasteiger partial charge >= 0.3 is 0 Å². The summed E-state index contributed by atoms with van der Waals surface area (Å²) in [5, 5.41) is 40.3. The van der Waals surface area contributed by atoms with E-state index in [4.69, 9.17) is 22.2 Å². The van der Waals surface area contributed by atoms with Crippen LogP contribution in [0, 0.1) is 88.6 Å². The molecule has 0 fully saturated rings. The van der Waals surface area contributed by atoms with Crippen LogP contribution in [0.3, 0.4) is 0 Å². The lowest BCUT2D eigenvalue weighted by Crippen LogP contribution is -1.96. The van der Waals surface area contributed by atoms with Gasteiger partial charge in [0.1, 0.15) is 34.7 Å². The number of nitriles is 3. The molecule has 61 heavy (non-hydrogen) atoms. The van der Waals surface area contributed by atoms with E-state index in [1.807, 2.05) is 48.7 Å². The molecule has 11 nitrogen and oxygen atoms in total. The molecule has 0 aliphatic rings. The fraction of sp³-hybridized carbons (Fsp3) is 0. The first kappa shape index (κ1) is 46.1. The highest BCUT2D eigenvalue weighted by Crippen LogP contribution is 2.15. The smallest absolute Gasteiger partial charge is 0.127 e. The van der Waals surface area contributed by atoms with Crippen molar-refractivity contribution in [3.8, 4) is 53.8 Å². The Morgan fingerprint density at radius 2 is 1.07 bits per heavy atom. The fourth-order valence-electron chi connectivity index (χ4n) is 4.39. The Bertz CT molecular complexity index is 2880. The number of benzene rings is 3. The average Bonchev–Trinajstić information content (AvgIpc) is 4.07. The molecule has 0 atom stereocenters. The van der Waals surface area contributed by atoms with Gasteiger partial charge in [0.2, 0.25) is 0 Å². The van der Waals surface area contributed by atoms with Crippen LogP contribution in [0.15, 0.2) is 141 Å². The summed E-state index contributed by atoms with van der Waals surface area (Å²) in [5.41, 5.74) is 3.57. The molecule has 8 aromatic rings. The van der Waals surface area contributed by atoms with Crippen LogP contribution in [0.1, 0.15) is 33.6 Å². The van der Waals surface area contributed by atoms with Crippen molar-refractivity contribution in [1.29, 1.82) is 15.8 Å². The molecule has 1 N–H and O–H groups in total. The van der Waals surface area contributed by atoms with Crippen LogP contribution in [-0.4, -0.2) is 39.7 Å². The van der Waals surface area contributed by atoms with Crippen molar-refractivity contribution >= 4 is 45.2 Å². The summed E-state index contributed by atoms with van der Waals surface area (Å²) in [5.74, 6) is 5.91. The molecule has 0 aliphatic carbocycles.